The van der Waals surface area contributed by atoms with Crippen molar-refractivity contribution < 1.29 is 9.53 Å². The molecule has 110 valence electrons. The smallest absolute Gasteiger partial charge is 0.273 e. The van der Waals surface area contributed by atoms with Gasteiger partial charge >= 0.3 is 0 Å². The number of aromatic nitrogens is 3. The van der Waals surface area contributed by atoms with E-state index in [4.69, 9.17) is 4.74 Å². The summed E-state index contributed by atoms with van der Waals surface area (Å²) in [4.78, 5) is 16.5. The van der Waals surface area contributed by atoms with E-state index in [9.17, 15) is 4.79 Å². The van der Waals surface area contributed by atoms with E-state index < -0.39 is 0 Å². The van der Waals surface area contributed by atoms with Crippen molar-refractivity contribution in [3.05, 3.63) is 60.4 Å². The highest BCUT2D eigenvalue weighted by Crippen LogP contribution is 2.24. The lowest BCUT2D eigenvalue weighted by atomic mass is 10.2. The number of para-hydroxylation sites is 2. The molecule has 6 heteroatoms. The molecular formula is C16H14N4O2. The molecule has 0 atom stereocenters. The molecule has 1 amide bonds. The molecule has 0 radical (unpaired) electrons. The number of methoxy groups -OCH3 is 1. The summed E-state index contributed by atoms with van der Waals surface area (Å²) < 4.78 is 5.21. The summed E-state index contributed by atoms with van der Waals surface area (Å²) in [5, 5.41) is 9.62. The second kappa shape index (κ2) is 6.09. The molecule has 0 saturated heterocycles. The lowest BCUT2D eigenvalue weighted by molar-refractivity contribution is 0.102. The third-order valence-corrected chi connectivity index (χ3v) is 3.10. The van der Waals surface area contributed by atoms with Crippen LogP contribution in [0.3, 0.4) is 0 Å². The van der Waals surface area contributed by atoms with E-state index in [0.29, 0.717) is 28.5 Å². The van der Waals surface area contributed by atoms with Crippen LogP contribution in [0, 0.1) is 0 Å². The van der Waals surface area contributed by atoms with Gasteiger partial charge in [-0.15, -0.1) is 0 Å². The Morgan fingerprint density at radius 3 is 2.73 bits per heavy atom. The van der Waals surface area contributed by atoms with Gasteiger partial charge in [0, 0.05) is 6.20 Å². The van der Waals surface area contributed by atoms with Crippen molar-refractivity contribution in [1.29, 1.82) is 0 Å². The molecule has 2 heterocycles. The minimum Gasteiger partial charge on any atom is -0.495 e. The Morgan fingerprint density at radius 1 is 1.14 bits per heavy atom. The van der Waals surface area contributed by atoms with Gasteiger partial charge in [0.1, 0.15) is 17.1 Å². The Kier molecular flexibility index (Phi) is 3.82. The molecule has 0 spiro atoms. The molecule has 2 N–H and O–H groups in total. The summed E-state index contributed by atoms with van der Waals surface area (Å²) in [5.74, 6) is 0.305. The standard InChI is InChI=1S/C16H14N4O2/c1-22-15-8-3-2-7-12(15)18-16(21)14-10-13(19-20-14)11-6-4-5-9-17-11/h2-10H,1H3,(H,18,21)(H,19,20). The lowest BCUT2D eigenvalue weighted by Gasteiger charge is -2.08. The van der Waals surface area contributed by atoms with Crippen LogP contribution in [0.2, 0.25) is 0 Å². The molecule has 3 rings (SSSR count). The molecule has 22 heavy (non-hydrogen) atoms. The van der Waals surface area contributed by atoms with Crippen molar-refractivity contribution in [1.82, 2.24) is 15.2 Å². The monoisotopic (exact) mass is 294 g/mol. The number of hydrogen-bond acceptors (Lipinski definition) is 4. The van der Waals surface area contributed by atoms with Crippen LogP contribution in [-0.2, 0) is 0 Å². The van der Waals surface area contributed by atoms with Gasteiger partial charge < -0.3 is 10.1 Å². The number of rotatable bonds is 4. The second-order valence-electron chi connectivity index (χ2n) is 4.54. The zero-order valence-electron chi connectivity index (χ0n) is 11.9. The van der Waals surface area contributed by atoms with Crippen LogP contribution in [0.25, 0.3) is 11.4 Å². The molecule has 2 aromatic heterocycles. The average molecular weight is 294 g/mol. The van der Waals surface area contributed by atoms with Crippen LogP contribution in [0.4, 0.5) is 5.69 Å². The number of carbonyl (C=O) groups is 1. The van der Waals surface area contributed by atoms with Crippen molar-refractivity contribution >= 4 is 11.6 Å². The number of hydrogen-bond donors (Lipinski definition) is 2. The Labute approximate surface area is 127 Å². The lowest BCUT2D eigenvalue weighted by Crippen LogP contribution is -2.13. The van der Waals surface area contributed by atoms with Crippen molar-refractivity contribution in [2.24, 2.45) is 0 Å². The highest BCUT2D eigenvalue weighted by Gasteiger charge is 2.13. The summed E-state index contributed by atoms with van der Waals surface area (Å²) >= 11 is 0. The molecule has 0 saturated carbocycles. The number of amides is 1. The third kappa shape index (κ3) is 2.80. The maximum Gasteiger partial charge on any atom is 0.273 e. The van der Waals surface area contributed by atoms with Gasteiger partial charge in [-0.3, -0.25) is 14.9 Å². The summed E-state index contributed by atoms with van der Waals surface area (Å²) in [5.41, 5.74) is 2.27. The van der Waals surface area contributed by atoms with Crippen LogP contribution in [0.1, 0.15) is 10.5 Å². The number of nitrogens with one attached hydrogen (secondary N) is 2. The van der Waals surface area contributed by atoms with Gasteiger partial charge in [0.2, 0.25) is 0 Å². The molecular weight excluding hydrogens is 280 g/mol. The third-order valence-electron chi connectivity index (χ3n) is 3.10. The largest absolute Gasteiger partial charge is 0.495 e. The molecule has 6 nitrogen and oxygen atoms in total. The van der Waals surface area contributed by atoms with Gasteiger partial charge in [-0.2, -0.15) is 5.10 Å². The van der Waals surface area contributed by atoms with E-state index >= 15 is 0 Å². The number of H-pyrrole nitrogens is 1. The van der Waals surface area contributed by atoms with E-state index in [-0.39, 0.29) is 5.91 Å². The second-order valence-corrected chi connectivity index (χ2v) is 4.54. The number of benzene rings is 1. The molecule has 0 fully saturated rings. The van der Waals surface area contributed by atoms with Gasteiger partial charge in [-0.25, -0.2) is 0 Å². The predicted molar refractivity (Wildman–Crippen MR) is 82.8 cm³/mol. The quantitative estimate of drug-likeness (QED) is 0.775. The zero-order valence-corrected chi connectivity index (χ0v) is 11.9. The summed E-state index contributed by atoms with van der Waals surface area (Å²) in [6.07, 6.45) is 1.68. The SMILES string of the molecule is COc1ccccc1NC(=O)c1cc(-c2ccccn2)n[nH]1. The molecule has 0 bridgehead atoms. The van der Waals surface area contributed by atoms with Gasteiger partial charge in [-0.1, -0.05) is 18.2 Å². The fourth-order valence-electron chi connectivity index (χ4n) is 2.02. The summed E-state index contributed by atoms with van der Waals surface area (Å²) in [6, 6.07) is 14.4. The van der Waals surface area contributed by atoms with Gasteiger partial charge in [0.15, 0.2) is 0 Å². The van der Waals surface area contributed by atoms with Crippen molar-refractivity contribution in [3.63, 3.8) is 0 Å². The Balaban J connectivity index is 1.80. The van der Waals surface area contributed by atoms with Crippen LogP contribution in [0.5, 0.6) is 5.75 Å². The van der Waals surface area contributed by atoms with Crippen LogP contribution in [-0.4, -0.2) is 28.2 Å². The Hall–Kier alpha value is -3.15. The summed E-state index contributed by atoms with van der Waals surface area (Å²) in [6.45, 7) is 0. The molecule has 0 aliphatic carbocycles. The van der Waals surface area contributed by atoms with Crippen molar-refractivity contribution in [2.75, 3.05) is 12.4 Å². The fraction of sp³-hybridized carbons (Fsp3) is 0.0625. The zero-order chi connectivity index (χ0) is 15.4. The van der Waals surface area contributed by atoms with E-state index in [2.05, 4.69) is 20.5 Å². The normalized spacial score (nSPS) is 10.2. The van der Waals surface area contributed by atoms with Crippen molar-refractivity contribution in [2.45, 2.75) is 0 Å². The molecule has 0 aliphatic rings. The van der Waals surface area contributed by atoms with Crippen molar-refractivity contribution in [3.8, 4) is 17.1 Å². The highest BCUT2D eigenvalue weighted by atomic mass is 16.5. The highest BCUT2D eigenvalue weighted by molar-refractivity contribution is 6.04. The number of anilines is 1. The first-order valence-electron chi connectivity index (χ1n) is 6.69. The average Bonchev–Trinajstić information content (AvgIpc) is 3.06. The minimum atomic E-state index is -0.292. The molecule has 0 unspecified atom stereocenters. The summed E-state index contributed by atoms with van der Waals surface area (Å²) in [7, 11) is 1.56. The first-order chi connectivity index (χ1) is 10.8. The molecule has 0 aliphatic heterocycles. The maximum atomic E-state index is 12.3. The Morgan fingerprint density at radius 2 is 1.95 bits per heavy atom. The molecule has 3 aromatic rings. The Bertz CT molecular complexity index is 784. The van der Waals surface area contributed by atoms with E-state index in [1.165, 1.54) is 0 Å². The number of carbonyl (C=O) groups excluding carboxylic acids is 1. The van der Waals surface area contributed by atoms with Gasteiger partial charge in [0.25, 0.3) is 5.91 Å². The number of ether oxygens (including phenoxy) is 1. The first kappa shape index (κ1) is 13.8. The topological polar surface area (TPSA) is 79.9 Å². The first-order valence-corrected chi connectivity index (χ1v) is 6.69. The van der Waals surface area contributed by atoms with E-state index in [1.54, 1.807) is 31.5 Å². The van der Waals surface area contributed by atoms with Gasteiger partial charge in [0.05, 0.1) is 18.5 Å². The fourth-order valence-corrected chi connectivity index (χ4v) is 2.02. The predicted octanol–water partition coefficient (Wildman–Crippen LogP) is 2.73. The number of aromatic amines is 1. The molecule has 1 aromatic carbocycles. The van der Waals surface area contributed by atoms with Crippen LogP contribution < -0.4 is 10.1 Å². The van der Waals surface area contributed by atoms with Crippen LogP contribution in [0.15, 0.2) is 54.7 Å². The minimum absolute atomic E-state index is 0.292. The van der Waals surface area contributed by atoms with E-state index in [0.717, 1.165) is 0 Å². The van der Waals surface area contributed by atoms with Crippen LogP contribution >= 0.6 is 0 Å². The van der Waals surface area contributed by atoms with E-state index in [1.807, 2.05) is 30.3 Å². The number of nitrogens with zero attached hydrogens (tertiary/aromatic N) is 2. The maximum absolute atomic E-state index is 12.3. The van der Waals surface area contributed by atoms with Gasteiger partial charge in [-0.05, 0) is 30.3 Å². The number of pyridine rings is 1.